The Balaban J connectivity index is 2.31. The fourth-order valence-corrected chi connectivity index (χ4v) is 4.26. The molecule has 3 atom stereocenters. The summed E-state index contributed by atoms with van der Waals surface area (Å²) in [7, 11) is 2.06. The van der Waals surface area contributed by atoms with E-state index in [2.05, 4.69) is 30.8 Å². The number of rotatable bonds is 1. The lowest BCUT2D eigenvalue weighted by molar-refractivity contribution is 0.217. The maximum absolute atomic E-state index is 6.01. The van der Waals surface area contributed by atoms with Crippen molar-refractivity contribution in [1.82, 2.24) is 4.67 Å². The Labute approximate surface area is 96.4 Å². The minimum absolute atomic E-state index is 0.132. The van der Waals surface area contributed by atoms with Gasteiger partial charge in [-0.1, -0.05) is 42.1 Å². The molecule has 1 saturated heterocycles. The summed E-state index contributed by atoms with van der Waals surface area (Å²) in [5.41, 5.74) is 1.23. The van der Waals surface area contributed by atoms with Crippen LogP contribution in [0.5, 0.6) is 0 Å². The third-order valence-electron chi connectivity index (χ3n) is 3.04. The number of nitrogens with zero attached hydrogens (tertiary/aromatic N) is 1. The quantitative estimate of drug-likeness (QED) is 0.701. The molecule has 0 saturated carbocycles. The maximum atomic E-state index is 6.01. The minimum atomic E-state index is -1.75. The van der Waals surface area contributed by atoms with Crippen LogP contribution in [-0.4, -0.2) is 24.4 Å². The van der Waals surface area contributed by atoms with Crippen molar-refractivity contribution < 1.29 is 4.52 Å². The second kappa shape index (κ2) is 3.99. The van der Waals surface area contributed by atoms with Gasteiger partial charge < -0.3 is 4.52 Å². The van der Waals surface area contributed by atoms with Crippen molar-refractivity contribution in [2.45, 2.75) is 19.1 Å². The summed E-state index contributed by atoms with van der Waals surface area (Å²) < 4.78 is 8.22. The standard InChI is InChI=1S/C11H16NOPS/c1-9-11(10-7-5-4-6-8-10)13-14(3,15)12(9)2/h4-9,11H,1-3H3/t9-,11-,14+/m1/s1. The van der Waals surface area contributed by atoms with E-state index in [9.17, 15) is 0 Å². The van der Waals surface area contributed by atoms with Crippen LogP contribution in [0.1, 0.15) is 18.6 Å². The van der Waals surface area contributed by atoms with Gasteiger partial charge in [0.2, 0.25) is 0 Å². The monoisotopic (exact) mass is 241 g/mol. The van der Waals surface area contributed by atoms with Crippen molar-refractivity contribution in [3.05, 3.63) is 35.9 Å². The molecule has 0 aliphatic carbocycles. The number of likely N-dealkylation sites (N-methyl/N-ethyl adjacent to an activating group) is 1. The van der Waals surface area contributed by atoms with Crippen LogP contribution in [0, 0.1) is 0 Å². The van der Waals surface area contributed by atoms with Crippen molar-refractivity contribution in [3.8, 4) is 0 Å². The van der Waals surface area contributed by atoms with Crippen LogP contribution < -0.4 is 0 Å². The van der Waals surface area contributed by atoms with Gasteiger partial charge >= 0.3 is 0 Å². The number of benzene rings is 1. The highest BCUT2D eigenvalue weighted by Crippen LogP contribution is 2.59. The van der Waals surface area contributed by atoms with Gasteiger partial charge in [-0.3, -0.25) is 4.67 Å². The zero-order valence-corrected chi connectivity index (χ0v) is 11.0. The third kappa shape index (κ3) is 2.02. The first kappa shape index (κ1) is 11.3. The first-order valence-corrected chi connectivity index (χ1v) is 8.18. The summed E-state index contributed by atoms with van der Waals surface area (Å²) in [6, 6.07) is 10.7. The van der Waals surface area contributed by atoms with Crippen molar-refractivity contribution in [3.63, 3.8) is 0 Å². The van der Waals surface area contributed by atoms with Gasteiger partial charge in [-0.25, -0.2) is 0 Å². The molecular weight excluding hydrogens is 225 g/mol. The summed E-state index contributed by atoms with van der Waals surface area (Å²) in [6.07, 6.45) is -1.61. The van der Waals surface area contributed by atoms with E-state index in [0.717, 1.165) is 0 Å². The Morgan fingerprint density at radius 3 is 2.40 bits per heavy atom. The van der Waals surface area contributed by atoms with Gasteiger partial charge in [-0.05, 0) is 19.5 Å². The molecule has 1 heterocycles. The molecule has 0 spiro atoms. The highest BCUT2D eigenvalue weighted by atomic mass is 32.4. The molecule has 0 amide bonds. The lowest BCUT2D eigenvalue weighted by atomic mass is 10.0. The van der Waals surface area contributed by atoms with Gasteiger partial charge in [0.05, 0.1) is 0 Å². The highest BCUT2D eigenvalue weighted by Gasteiger charge is 2.39. The fourth-order valence-electron chi connectivity index (χ4n) is 1.88. The molecule has 0 aromatic heterocycles. The van der Waals surface area contributed by atoms with Crippen molar-refractivity contribution in [2.24, 2.45) is 0 Å². The van der Waals surface area contributed by atoms with E-state index in [4.69, 9.17) is 16.3 Å². The molecular formula is C11H16NOPS. The summed E-state index contributed by atoms with van der Waals surface area (Å²) in [4.78, 5) is 0. The lowest BCUT2D eigenvalue weighted by Crippen LogP contribution is -2.22. The van der Waals surface area contributed by atoms with Crippen LogP contribution in [-0.2, 0) is 16.3 Å². The Morgan fingerprint density at radius 1 is 1.33 bits per heavy atom. The van der Waals surface area contributed by atoms with E-state index in [1.807, 2.05) is 24.9 Å². The van der Waals surface area contributed by atoms with Crippen LogP contribution >= 0.6 is 6.42 Å². The van der Waals surface area contributed by atoms with Crippen LogP contribution in [0.15, 0.2) is 30.3 Å². The average molecular weight is 241 g/mol. The topological polar surface area (TPSA) is 12.5 Å². The van der Waals surface area contributed by atoms with Crippen molar-refractivity contribution in [1.29, 1.82) is 0 Å². The molecule has 82 valence electrons. The molecule has 0 unspecified atom stereocenters. The molecule has 0 radical (unpaired) electrons. The first-order chi connectivity index (χ1) is 7.02. The van der Waals surface area contributed by atoms with Gasteiger partial charge in [0.25, 0.3) is 0 Å². The predicted molar refractivity (Wildman–Crippen MR) is 67.7 cm³/mol. The summed E-state index contributed by atoms with van der Waals surface area (Å²) in [5.74, 6) is 0. The smallest absolute Gasteiger partial charge is 0.129 e. The molecule has 2 rings (SSSR count). The second-order valence-electron chi connectivity index (χ2n) is 4.05. The number of hydrogen-bond donors (Lipinski definition) is 0. The first-order valence-electron chi connectivity index (χ1n) is 5.06. The normalized spacial score (nSPS) is 37.0. The van der Waals surface area contributed by atoms with Crippen LogP contribution in [0.3, 0.4) is 0 Å². The van der Waals surface area contributed by atoms with Gasteiger partial charge in [0, 0.05) is 12.7 Å². The molecule has 1 aromatic carbocycles. The number of hydrogen-bond acceptors (Lipinski definition) is 2. The van der Waals surface area contributed by atoms with Crippen LogP contribution in [0.4, 0.5) is 0 Å². The van der Waals surface area contributed by atoms with Crippen LogP contribution in [0.2, 0.25) is 0 Å². The summed E-state index contributed by atoms with van der Waals surface area (Å²) in [6.45, 7) is 4.22. The van der Waals surface area contributed by atoms with E-state index < -0.39 is 6.42 Å². The van der Waals surface area contributed by atoms with Gasteiger partial charge in [0.15, 0.2) is 0 Å². The highest BCUT2D eigenvalue weighted by molar-refractivity contribution is 8.10. The molecule has 1 aliphatic rings. The van der Waals surface area contributed by atoms with Gasteiger partial charge in [0.1, 0.15) is 12.5 Å². The van der Waals surface area contributed by atoms with E-state index in [1.54, 1.807) is 0 Å². The molecule has 1 fully saturated rings. The fraction of sp³-hybridized carbons (Fsp3) is 0.455. The molecule has 2 nitrogen and oxygen atoms in total. The van der Waals surface area contributed by atoms with Gasteiger partial charge in [-0.2, -0.15) is 0 Å². The van der Waals surface area contributed by atoms with E-state index in [1.165, 1.54) is 5.56 Å². The zero-order chi connectivity index (χ0) is 11.1. The molecule has 15 heavy (non-hydrogen) atoms. The van der Waals surface area contributed by atoms with Crippen molar-refractivity contribution >= 4 is 18.2 Å². The molecule has 1 aromatic rings. The van der Waals surface area contributed by atoms with Crippen molar-refractivity contribution in [2.75, 3.05) is 13.7 Å². The zero-order valence-electron chi connectivity index (χ0n) is 9.25. The minimum Gasteiger partial charge on any atom is -0.328 e. The Bertz CT molecular complexity index is 395. The molecule has 4 heteroatoms. The predicted octanol–water partition coefficient (Wildman–Crippen LogP) is 3.02. The third-order valence-corrected chi connectivity index (χ3v) is 6.20. The Morgan fingerprint density at radius 2 is 1.93 bits per heavy atom. The Kier molecular flexibility index (Phi) is 3.00. The van der Waals surface area contributed by atoms with Crippen LogP contribution in [0.25, 0.3) is 0 Å². The maximum Gasteiger partial charge on any atom is 0.129 e. The second-order valence-corrected chi connectivity index (χ2v) is 8.53. The van der Waals surface area contributed by atoms with E-state index in [0.29, 0.717) is 6.04 Å². The van der Waals surface area contributed by atoms with Gasteiger partial charge in [-0.15, -0.1) is 0 Å². The largest absolute Gasteiger partial charge is 0.328 e. The molecule has 0 bridgehead atoms. The molecule has 1 aliphatic heterocycles. The summed E-state index contributed by atoms with van der Waals surface area (Å²) >= 11 is 5.50. The SMILES string of the molecule is C[C@@H]1[C@H](c2ccccc2)O[P@@](C)(=S)N1C. The summed E-state index contributed by atoms with van der Waals surface area (Å²) in [5, 5.41) is 0. The average Bonchev–Trinajstić information content (AvgIpc) is 2.44. The van der Waals surface area contributed by atoms with E-state index in [-0.39, 0.29) is 6.10 Å². The molecule has 0 N–H and O–H groups in total. The lowest BCUT2D eigenvalue weighted by Gasteiger charge is -2.20. The van der Waals surface area contributed by atoms with E-state index >= 15 is 0 Å². The Hall–Kier alpha value is -0.210.